The Morgan fingerprint density at radius 1 is 1.30 bits per heavy atom. The third-order valence-electron chi connectivity index (χ3n) is 3.88. The van der Waals surface area contributed by atoms with E-state index in [1.54, 1.807) is 0 Å². The molecule has 2 atom stereocenters. The second-order valence-corrected chi connectivity index (χ2v) is 5.91. The summed E-state index contributed by atoms with van der Waals surface area (Å²) < 4.78 is 8.33. The third-order valence-corrected chi connectivity index (χ3v) is 3.88. The molecule has 0 amide bonds. The first-order chi connectivity index (χ1) is 9.72. The van der Waals surface area contributed by atoms with E-state index < -0.39 is 0 Å². The first-order valence-electron chi connectivity index (χ1n) is 7.51. The molecule has 4 nitrogen and oxygen atoms in total. The Kier molecular flexibility index (Phi) is 4.03. The summed E-state index contributed by atoms with van der Waals surface area (Å²) in [7, 11) is 0. The number of aromatic nitrogens is 2. The van der Waals surface area contributed by atoms with Crippen molar-refractivity contribution in [1.82, 2.24) is 14.9 Å². The Morgan fingerprint density at radius 2 is 2.10 bits per heavy atom. The second-order valence-electron chi connectivity index (χ2n) is 5.91. The Hall–Kier alpha value is -1.39. The van der Waals surface area contributed by atoms with E-state index >= 15 is 0 Å². The molecule has 1 aromatic heterocycles. The van der Waals surface area contributed by atoms with Gasteiger partial charge < -0.3 is 14.6 Å². The summed E-state index contributed by atoms with van der Waals surface area (Å²) in [5.41, 5.74) is 2.25. The molecule has 0 aliphatic carbocycles. The standard InChI is InChI=1S/C16H23N3O/c1-12(2)17-9-13-7-8-14(20-13)10-19-11-18-15-5-3-4-6-16(15)19/h3-6,11-14,17H,7-10H2,1-2H3. The average Bonchev–Trinajstić information content (AvgIpc) is 3.05. The van der Waals surface area contributed by atoms with Gasteiger partial charge in [0.15, 0.2) is 0 Å². The van der Waals surface area contributed by atoms with E-state index in [9.17, 15) is 0 Å². The van der Waals surface area contributed by atoms with Crippen LogP contribution in [0.5, 0.6) is 0 Å². The van der Waals surface area contributed by atoms with Gasteiger partial charge in [-0.3, -0.25) is 0 Å². The highest BCUT2D eigenvalue weighted by Crippen LogP contribution is 2.22. The molecule has 108 valence electrons. The fourth-order valence-corrected chi connectivity index (χ4v) is 2.81. The van der Waals surface area contributed by atoms with Gasteiger partial charge in [-0.15, -0.1) is 0 Å². The molecule has 20 heavy (non-hydrogen) atoms. The summed E-state index contributed by atoms with van der Waals surface area (Å²) in [6, 6.07) is 8.78. The number of hydrogen-bond donors (Lipinski definition) is 1. The molecule has 1 N–H and O–H groups in total. The largest absolute Gasteiger partial charge is 0.372 e. The lowest BCUT2D eigenvalue weighted by molar-refractivity contribution is 0.0358. The number of nitrogens with zero attached hydrogens (tertiary/aromatic N) is 2. The van der Waals surface area contributed by atoms with Crippen LogP contribution in [0.15, 0.2) is 30.6 Å². The van der Waals surface area contributed by atoms with Crippen LogP contribution in [0.2, 0.25) is 0 Å². The van der Waals surface area contributed by atoms with Crippen molar-refractivity contribution in [2.75, 3.05) is 6.54 Å². The van der Waals surface area contributed by atoms with E-state index in [2.05, 4.69) is 46.9 Å². The second kappa shape index (κ2) is 5.94. The highest BCUT2D eigenvalue weighted by Gasteiger charge is 2.25. The monoisotopic (exact) mass is 273 g/mol. The van der Waals surface area contributed by atoms with Gasteiger partial charge in [-0.05, 0) is 25.0 Å². The predicted octanol–water partition coefficient (Wildman–Crippen LogP) is 2.58. The number of hydrogen-bond acceptors (Lipinski definition) is 3. The van der Waals surface area contributed by atoms with Crippen LogP contribution in [-0.4, -0.2) is 34.3 Å². The smallest absolute Gasteiger partial charge is 0.0959 e. The first-order valence-corrected chi connectivity index (χ1v) is 7.51. The lowest BCUT2D eigenvalue weighted by Crippen LogP contribution is -2.32. The number of nitrogens with one attached hydrogen (secondary N) is 1. The summed E-state index contributed by atoms with van der Waals surface area (Å²) in [5.74, 6) is 0. The van der Waals surface area contributed by atoms with Crippen LogP contribution in [0, 0.1) is 0 Å². The Labute approximate surface area is 120 Å². The zero-order chi connectivity index (χ0) is 13.9. The third kappa shape index (κ3) is 3.02. The van der Waals surface area contributed by atoms with Crippen LogP contribution in [0.4, 0.5) is 0 Å². The molecular weight excluding hydrogens is 250 g/mol. The van der Waals surface area contributed by atoms with Crippen molar-refractivity contribution in [1.29, 1.82) is 0 Å². The van der Waals surface area contributed by atoms with E-state index in [4.69, 9.17) is 4.74 Å². The van der Waals surface area contributed by atoms with Crippen molar-refractivity contribution in [3.63, 3.8) is 0 Å². The van der Waals surface area contributed by atoms with Crippen LogP contribution >= 0.6 is 0 Å². The van der Waals surface area contributed by atoms with Crippen LogP contribution in [0.3, 0.4) is 0 Å². The number of para-hydroxylation sites is 2. The Morgan fingerprint density at radius 3 is 2.95 bits per heavy atom. The van der Waals surface area contributed by atoms with Crippen molar-refractivity contribution in [2.45, 2.75) is 51.5 Å². The molecule has 0 spiro atoms. The van der Waals surface area contributed by atoms with Crippen molar-refractivity contribution < 1.29 is 4.74 Å². The molecule has 3 rings (SSSR count). The molecule has 1 aliphatic heterocycles. The van der Waals surface area contributed by atoms with E-state index in [-0.39, 0.29) is 0 Å². The molecule has 1 fully saturated rings. The van der Waals surface area contributed by atoms with Gasteiger partial charge in [0, 0.05) is 12.6 Å². The minimum Gasteiger partial charge on any atom is -0.372 e. The maximum atomic E-state index is 6.12. The van der Waals surface area contributed by atoms with Gasteiger partial charge in [0.2, 0.25) is 0 Å². The molecule has 0 radical (unpaired) electrons. The molecule has 2 unspecified atom stereocenters. The Balaban J connectivity index is 1.59. The van der Waals surface area contributed by atoms with Gasteiger partial charge in [0.25, 0.3) is 0 Å². The molecule has 0 saturated carbocycles. The first kappa shape index (κ1) is 13.6. The maximum Gasteiger partial charge on any atom is 0.0959 e. The zero-order valence-corrected chi connectivity index (χ0v) is 12.2. The number of rotatable bonds is 5. The quantitative estimate of drug-likeness (QED) is 0.910. The number of ether oxygens (including phenoxy) is 1. The molecular formula is C16H23N3O. The van der Waals surface area contributed by atoms with E-state index in [1.165, 1.54) is 5.52 Å². The van der Waals surface area contributed by atoms with Crippen LogP contribution in [-0.2, 0) is 11.3 Å². The van der Waals surface area contributed by atoms with Crippen LogP contribution in [0.1, 0.15) is 26.7 Å². The maximum absolute atomic E-state index is 6.12. The minimum absolute atomic E-state index is 0.312. The number of imidazole rings is 1. The van der Waals surface area contributed by atoms with E-state index in [1.807, 2.05) is 12.4 Å². The van der Waals surface area contributed by atoms with Gasteiger partial charge in [0.1, 0.15) is 0 Å². The molecule has 2 aromatic rings. The fraction of sp³-hybridized carbons (Fsp3) is 0.562. The normalized spacial score (nSPS) is 22.9. The molecule has 0 bridgehead atoms. The summed E-state index contributed by atoms with van der Waals surface area (Å²) in [5, 5.41) is 3.45. The highest BCUT2D eigenvalue weighted by atomic mass is 16.5. The predicted molar refractivity (Wildman–Crippen MR) is 80.8 cm³/mol. The summed E-state index contributed by atoms with van der Waals surface area (Å²) in [4.78, 5) is 4.43. The SMILES string of the molecule is CC(C)NCC1CCC(Cn2cnc3ccccc32)O1. The van der Waals surface area contributed by atoms with Gasteiger partial charge >= 0.3 is 0 Å². The van der Waals surface area contributed by atoms with E-state index in [0.29, 0.717) is 18.2 Å². The fourth-order valence-electron chi connectivity index (χ4n) is 2.81. The van der Waals surface area contributed by atoms with Crippen molar-refractivity contribution in [3.8, 4) is 0 Å². The summed E-state index contributed by atoms with van der Waals surface area (Å²) >= 11 is 0. The Bertz CT molecular complexity index is 564. The van der Waals surface area contributed by atoms with Crippen molar-refractivity contribution >= 4 is 11.0 Å². The number of fused-ring (bicyclic) bond motifs is 1. The summed E-state index contributed by atoms with van der Waals surface area (Å²) in [6.45, 7) is 6.20. The molecule has 4 heteroatoms. The highest BCUT2D eigenvalue weighted by molar-refractivity contribution is 5.74. The van der Waals surface area contributed by atoms with Crippen molar-refractivity contribution in [3.05, 3.63) is 30.6 Å². The summed E-state index contributed by atoms with van der Waals surface area (Å²) in [6.07, 6.45) is 4.88. The lowest BCUT2D eigenvalue weighted by atomic mass is 10.2. The van der Waals surface area contributed by atoms with Crippen LogP contribution in [0.25, 0.3) is 11.0 Å². The molecule has 2 heterocycles. The van der Waals surface area contributed by atoms with Crippen LogP contribution < -0.4 is 5.32 Å². The van der Waals surface area contributed by atoms with E-state index in [0.717, 1.165) is 31.4 Å². The topological polar surface area (TPSA) is 39.1 Å². The number of benzene rings is 1. The van der Waals surface area contributed by atoms with Gasteiger partial charge in [-0.1, -0.05) is 26.0 Å². The van der Waals surface area contributed by atoms with Gasteiger partial charge in [-0.25, -0.2) is 4.98 Å². The molecule has 1 aromatic carbocycles. The average molecular weight is 273 g/mol. The minimum atomic E-state index is 0.312. The lowest BCUT2D eigenvalue weighted by Gasteiger charge is -2.16. The van der Waals surface area contributed by atoms with Crippen molar-refractivity contribution in [2.24, 2.45) is 0 Å². The van der Waals surface area contributed by atoms with Gasteiger partial charge in [0.05, 0.1) is 36.1 Å². The molecule has 1 aliphatic rings. The zero-order valence-electron chi connectivity index (χ0n) is 12.2. The molecule has 1 saturated heterocycles. The van der Waals surface area contributed by atoms with Gasteiger partial charge in [-0.2, -0.15) is 0 Å².